The first-order chi connectivity index (χ1) is 8.04. The van der Waals surface area contributed by atoms with E-state index < -0.39 is 0 Å². The first-order valence-corrected chi connectivity index (χ1v) is 6.16. The molecule has 7 heteroatoms. The van der Waals surface area contributed by atoms with E-state index in [2.05, 4.69) is 5.32 Å². The zero-order valence-corrected chi connectivity index (χ0v) is 12.1. The van der Waals surface area contributed by atoms with Crippen LogP contribution in [0.1, 0.15) is 10.4 Å². The molecule has 0 aromatic carbocycles. The fraction of sp³-hybridized carbons (Fsp3) is 0.455. The Bertz CT molecular complexity index is 409. The average Bonchev–Trinajstić information content (AvgIpc) is 2.71. The lowest BCUT2D eigenvalue weighted by molar-refractivity contribution is -0.131. The maximum Gasteiger partial charge on any atom is 0.242 e. The van der Waals surface area contributed by atoms with Crippen LogP contribution in [0.5, 0.6) is 0 Å². The van der Waals surface area contributed by atoms with Crippen LogP contribution in [0.25, 0.3) is 0 Å². The van der Waals surface area contributed by atoms with E-state index in [1.54, 1.807) is 23.3 Å². The number of carbonyl (C=O) groups excluding carboxylic acids is 2. The molecule has 0 unspecified atom stereocenters. The van der Waals surface area contributed by atoms with E-state index in [0.29, 0.717) is 6.54 Å². The van der Waals surface area contributed by atoms with E-state index in [1.165, 1.54) is 5.56 Å². The van der Waals surface area contributed by atoms with Crippen molar-refractivity contribution in [2.45, 2.75) is 13.5 Å². The third kappa shape index (κ3) is 5.03. The van der Waals surface area contributed by atoms with Gasteiger partial charge in [-0.05, 0) is 23.9 Å². The number of rotatable bonds is 5. The number of carbonyl (C=O) groups is 2. The van der Waals surface area contributed by atoms with Crippen LogP contribution >= 0.6 is 23.7 Å². The summed E-state index contributed by atoms with van der Waals surface area (Å²) in [6.07, 6.45) is 0. The van der Waals surface area contributed by atoms with Crippen molar-refractivity contribution in [1.29, 1.82) is 0 Å². The minimum Gasteiger partial charge on any atom is -0.346 e. The van der Waals surface area contributed by atoms with Crippen molar-refractivity contribution >= 4 is 35.6 Å². The number of hydrogen-bond acceptors (Lipinski definition) is 4. The quantitative estimate of drug-likeness (QED) is 0.830. The van der Waals surface area contributed by atoms with E-state index in [0.717, 1.165) is 4.88 Å². The summed E-state index contributed by atoms with van der Waals surface area (Å²) in [6, 6.07) is 2.02. The number of thiophene rings is 1. The Morgan fingerprint density at radius 3 is 2.67 bits per heavy atom. The van der Waals surface area contributed by atoms with Crippen molar-refractivity contribution in [1.82, 2.24) is 10.2 Å². The molecule has 2 amide bonds. The monoisotopic (exact) mass is 291 g/mol. The number of likely N-dealkylation sites (N-methyl/N-ethyl adjacent to an activating group) is 1. The molecule has 0 saturated carbocycles. The third-order valence-corrected chi connectivity index (χ3v) is 3.40. The zero-order chi connectivity index (χ0) is 12.8. The van der Waals surface area contributed by atoms with Crippen LogP contribution in [0.4, 0.5) is 0 Å². The second-order valence-electron chi connectivity index (χ2n) is 3.76. The lowest BCUT2D eigenvalue weighted by atomic mass is 10.3. The fourth-order valence-electron chi connectivity index (χ4n) is 1.25. The first-order valence-electron chi connectivity index (χ1n) is 5.28. The van der Waals surface area contributed by atoms with Crippen molar-refractivity contribution in [3.63, 3.8) is 0 Å². The fourth-order valence-corrected chi connectivity index (χ4v) is 2.21. The van der Waals surface area contributed by atoms with Crippen LogP contribution < -0.4 is 11.1 Å². The standard InChI is InChI=1S/C11H17N3O2S.ClH/c1-8-3-4-17-9(8)7-14(2)11(16)6-13-10(15)5-12;/h3-4H,5-7,12H2,1-2H3,(H,13,15);1H. The number of aryl methyl sites for hydroxylation is 1. The third-order valence-electron chi connectivity index (χ3n) is 2.40. The molecule has 0 bridgehead atoms. The molecule has 1 rings (SSSR count). The summed E-state index contributed by atoms with van der Waals surface area (Å²) in [6.45, 7) is 2.49. The topological polar surface area (TPSA) is 75.4 Å². The lowest BCUT2D eigenvalue weighted by Gasteiger charge is -2.17. The van der Waals surface area contributed by atoms with Crippen LogP contribution in [-0.2, 0) is 16.1 Å². The Hall–Kier alpha value is -1.11. The van der Waals surface area contributed by atoms with Gasteiger partial charge in [0.05, 0.1) is 19.6 Å². The molecule has 0 aliphatic heterocycles. The summed E-state index contributed by atoms with van der Waals surface area (Å²) in [7, 11) is 1.72. The number of nitrogens with zero attached hydrogens (tertiary/aromatic N) is 1. The maximum atomic E-state index is 11.7. The normalized spacial score (nSPS) is 9.50. The van der Waals surface area contributed by atoms with E-state index in [9.17, 15) is 9.59 Å². The van der Waals surface area contributed by atoms with Gasteiger partial charge in [-0.15, -0.1) is 23.7 Å². The number of amides is 2. The highest BCUT2D eigenvalue weighted by molar-refractivity contribution is 7.10. The lowest BCUT2D eigenvalue weighted by Crippen LogP contribution is -2.40. The Labute approximate surface area is 117 Å². The molecule has 0 aliphatic carbocycles. The summed E-state index contributed by atoms with van der Waals surface area (Å²) in [5, 5.41) is 4.45. The summed E-state index contributed by atoms with van der Waals surface area (Å²) >= 11 is 1.62. The summed E-state index contributed by atoms with van der Waals surface area (Å²) in [4.78, 5) is 25.3. The molecule has 0 atom stereocenters. The summed E-state index contributed by atoms with van der Waals surface area (Å²) in [5.41, 5.74) is 6.31. The van der Waals surface area contributed by atoms with E-state index in [4.69, 9.17) is 5.73 Å². The van der Waals surface area contributed by atoms with Gasteiger partial charge in [0.2, 0.25) is 11.8 Å². The molecular weight excluding hydrogens is 274 g/mol. The highest BCUT2D eigenvalue weighted by Crippen LogP contribution is 2.16. The van der Waals surface area contributed by atoms with Gasteiger partial charge in [-0.2, -0.15) is 0 Å². The minimum atomic E-state index is -0.320. The predicted octanol–water partition coefficient (Wildman–Crippen LogP) is 0.512. The van der Waals surface area contributed by atoms with Crippen LogP contribution in [0.2, 0.25) is 0 Å². The average molecular weight is 292 g/mol. The molecule has 102 valence electrons. The maximum absolute atomic E-state index is 11.7. The molecule has 1 aromatic rings. The van der Waals surface area contributed by atoms with Gasteiger partial charge in [0, 0.05) is 11.9 Å². The van der Waals surface area contributed by atoms with Gasteiger partial charge in [-0.1, -0.05) is 0 Å². The van der Waals surface area contributed by atoms with Crippen molar-refractivity contribution in [3.8, 4) is 0 Å². The Morgan fingerprint density at radius 2 is 2.17 bits per heavy atom. The first kappa shape index (κ1) is 16.9. The molecule has 0 aliphatic rings. The van der Waals surface area contributed by atoms with E-state index >= 15 is 0 Å². The Morgan fingerprint density at radius 1 is 1.50 bits per heavy atom. The van der Waals surface area contributed by atoms with Gasteiger partial charge in [-0.25, -0.2) is 0 Å². The molecule has 0 spiro atoms. The number of nitrogens with two attached hydrogens (primary N) is 1. The molecule has 1 aromatic heterocycles. The molecule has 1 heterocycles. The van der Waals surface area contributed by atoms with Crippen molar-refractivity contribution < 1.29 is 9.59 Å². The van der Waals surface area contributed by atoms with Crippen LogP contribution in [0.3, 0.4) is 0 Å². The molecule has 5 nitrogen and oxygen atoms in total. The van der Waals surface area contributed by atoms with Crippen molar-refractivity contribution in [3.05, 3.63) is 21.9 Å². The second kappa shape index (κ2) is 8.07. The largest absolute Gasteiger partial charge is 0.346 e. The van der Waals surface area contributed by atoms with Gasteiger partial charge >= 0.3 is 0 Å². The second-order valence-corrected chi connectivity index (χ2v) is 4.76. The smallest absolute Gasteiger partial charge is 0.242 e. The van der Waals surface area contributed by atoms with Gasteiger partial charge < -0.3 is 16.0 Å². The highest BCUT2D eigenvalue weighted by atomic mass is 35.5. The van der Waals surface area contributed by atoms with Crippen LogP contribution in [0, 0.1) is 6.92 Å². The van der Waals surface area contributed by atoms with Crippen LogP contribution in [-0.4, -0.2) is 36.9 Å². The molecular formula is C11H18ClN3O2S. The van der Waals surface area contributed by atoms with Crippen LogP contribution in [0.15, 0.2) is 11.4 Å². The number of nitrogens with one attached hydrogen (secondary N) is 1. The molecule has 0 radical (unpaired) electrons. The molecule has 3 N–H and O–H groups in total. The van der Waals surface area contributed by atoms with Gasteiger partial charge in [0.25, 0.3) is 0 Å². The summed E-state index contributed by atoms with van der Waals surface area (Å²) in [5.74, 6) is -0.446. The predicted molar refractivity (Wildman–Crippen MR) is 74.8 cm³/mol. The number of halogens is 1. The molecule has 0 saturated heterocycles. The molecule has 18 heavy (non-hydrogen) atoms. The van der Waals surface area contributed by atoms with Gasteiger partial charge in [-0.3, -0.25) is 9.59 Å². The van der Waals surface area contributed by atoms with Crippen molar-refractivity contribution in [2.24, 2.45) is 5.73 Å². The van der Waals surface area contributed by atoms with Gasteiger partial charge in [0.15, 0.2) is 0 Å². The number of hydrogen-bond donors (Lipinski definition) is 2. The molecule has 0 fully saturated rings. The SMILES string of the molecule is Cc1ccsc1CN(C)C(=O)CNC(=O)CN.Cl. The van der Waals surface area contributed by atoms with Crippen molar-refractivity contribution in [2.75, 3.05) is 20.1 Å². The Kier molecular flexibility index (Phi) is 7.58. The Balaban J connectivity index is 0.00000289. The van der Waals surface area contributed by atoms with E-state index in [1.807, 2.05) is 18.4 Å². The highest BCUT2D eigenvalue weighted by Gasteiger charge is 2.11. The van der Waals surface area contributed by atoms with Gasteiger partial charge in [0.1, 0.15) is 0 Å². The van der Waals surface area contributed by atoms with E-state index in [-0.39, 0.29) is 37.3 Å². The zero-order valence-electron chi connectivity index (χ0n) is 10.4. The summed E-state index contributed by atoms with van der Waals surface area (Å²) < 4.78 is 0. The minimum absolute atomic E-state index is 0.